The van der Waals surface area contributed by atoms with Gasteiger partial charge in [-0.2, -0.15) is 0 Å². The number of esters is 2. The molecule has 0 radical (unpaired) electrons. The maximum absolute atomic E-state index is 12.2. The van der Waals surface area contributed by atoms with E-state index in [1.54, 1.807) is 0 Å². The van der Waals surface area contributed by atoms with Gasteiger partial charge in [0.15, 0.2) is 6.10 Å². The van der Waals surface area contributed by atoms with Gasteiger partial charge in [0.1, 0.15) is 19.8 Å². The van der Waals surface area contributed by atoms with Crippen molar-refractivity contribution in [2.75, 3.05) is 47.5 Å². The number of rotatable bonds is 36. The molecule has 0 aliphatic carbocycles. The van der Waals surface area contributed by atoms with Crippen LogP contribution in [0.3, 0.4) is 0 Å². The average Bonchev–Trinajstić information content (AvgIpc) is 3.01. The van der Waals surface area contributed by atoms with E-state index in [2.05, 4.69) is 6.92 Å². The Hall–Kier alpha value is -0.990. The van der Waals surface area contributed by atoms with Crippen LogP contribution in [0.4, 0.5) is 0 Å². The van der Waals surface area contributed by atoms with Crippen LogP contribution < -0.4 is 0 Å². The first kappa shape index (κ1) is 47.0. The van der Waals surface area contributed by atoms with Gasteiger partial charge in [0.25, 0.3) is 0 Å². The minimum absolute atomic E-state index is 0.0319. The molecule has 0 saturated heterocycles. The van der Waals surface area contributed by atoms with Gasteiger partial charge in [-0.05, 0) is 6.42 Å². The molecular weight excluding hydrogens is 629 g/mol. The van der Waals surface area contributed by atoms with Crippen LogP contribution in [0.1, 0.15) is 181 Å². The number of likely N-dealkylation sites (N-methyl/N-ethyl adjacent to an activating group) is 1. The Kier molecular flexibility index (Phi) is 31.3. The summed E-state index contributed by atoms with van der Waals surface area (Å²) in [4.78, 5) is 33.5. The zero-order valence-electron chi connectivity index (χ0n) is 32.0. The lowest BCUT2D eigenvalue weighted by atomic mass is 10.0. The smallest absolute Gasteiger partial charge is 0.462 e. The van der Waals surface area contributed by atoms with Gasteiger partial charge in [0, 0.05) is 13.3 Å². The van der Waals surface area contributed by atoms with Gasteiger partial charge in [-0.25, -0.2) is 4.57 Å². The van der Waals surface area contributed by atoms with Crippen LogP contribution in [0, 0.1) is 0 Å². The summed E-state index contributed by atoms with van der Waals surface area (Å²) in [6.45, 7) is 3.39. The zero-order valence-corrected chi connectivity index (χ0v) is 32.9. The second kappa shape index (κ2) is 32.0. The Labute approximate surface area is 295 Å². The molecule has 0 aromatic heterocycles. The molecule has 0 bridgehead atoms. The average molecular weight is 707 g/mol. The van der Waals surface area contributed by atoms with E-state index < -0.39 is 26.5 Å². The molecule has 0 rings (SSSR count). The summed E-state index contributed by atoms with van der Waals surface area (Å²) < 4.78 is 32.9. The van der Waals surface area contributed by atoms with Crippen molar-refractivity contribution in [3.8, 4) is 0 Å². The summed E-state index contributed by atoms with van der Waals surface area (Å²) in [7, 11) is 1.48. The molecule has 1 N–H and O–H groups in total. The summed E-state index contributed by atoms with van der Waals surface area (Å²) in [6, 6.07) is 0. The normalized spacial score (nSPS) is 13.7. The highest BCUT2D eigenvalue weighted by Gasteiger charge is 2.26. The molecule has 0 saturated carbocycles. The minimum atomic E-state index is -4.32. The van der Waals surface area contributed by atoms with Gasteiger partial charge in [-0.3, -0.25) is 18.6 Å². The Bertz CT molecular complexity index is 804. The van der Waals surface area contributed by atoms with Gasteiger partial charge in [-0.15, -0.1) is 0 Å². The number of carbonyl (C=O) groups is 2. The third-order valence-electron chi connectivity index (χ3n) is 8.69. The second-order valence-electron chi connectivity index (χ2n) is 14.8. The molecule has 2 atom stereocenters. The number of phosphoric acid groups is 1. The van der Waals surface area contributed by atoms with E-state index in [9.17, 15) is 19.0 Å². The Balaban J connectivity index is 3.59. The Morgan fingerprint density at radius 3 is 1.33 bits per heavy atom. The molecule has 10 heteroatoms. The van der Waals surface area contributed by atoms with Crippen LogP contribution in [0.15, 0.2) is 0 Å². The van der Waals surface area contributed by atoms with Gasteiger partial charge in [-0.1, -0.05) is 161 Å². The predicted octanol–water partition coefficient (Wildman–Crippen LogP) is 10.5. The number of ether oxygens (including phenoxy) is 2. The number of unbranched alkanes of at least 4 members (excludes halogenated alkanes) is 24. The maximum atomic E-state index is 12.2. The topological polar surface area (TPSA) is 108 Å². The number of hydrogen-bond acceptors (Lipinski definition) is 7. The van der Waals surface area contributed by atoms with Gasteiger partial charge in [0.05, 0.1) is 27.7 Å². The zero-order chi connectivity index (χ0) is 35.8. The van der Waals surface area contributed by atoms with Crippen LogP contribution in [-0.4, -0.2) is 74.9 Å². The fourth-order valence-corrected chi connectivity index (χ4v) is 6.40. The molecule has 1 unspecified atom stereocenters. The van der Waals surface area contributed by atoms with Crippen molar-refractivity contribution in [3.63, 3.8) is 0 Å². The summed E-state index contributed by atoms with van der Waals surface area (Å²) >= 11 is 0. The lowest BCUT2D eigenvalue weighted by molar-refractivity contribution is -0.870. The molecule has 0 aliphatic rings. The number of hydrogen-bond donors (Lipinski definition) is 1. The van der Waals surface area contributed by atoms with Gasteiger partial charge in [0.2, 0.25) is 0 Å². The standard InChI is InChI=1S/C38H76NO8P/c1-6-7-8-9-10-11-12-13-14-15-16-17-18-19-20-21-22-23-24-25-26-27-28-29-30-31-38(41)44-34-37(47-36(2)40)35-46-48(42,43)45-33-32-39(3,4)5/h37H,6-35H2,1-5H3/p+1/t37-/m1/s1. The van der Waals surface area contributed by atoms with Crippen LogP contribution in [0.25, 0.3) is 0 Å². The highest BCUT2D eigenvalue weighted by molar-refractivity contribution is 7.47. The second-order valence-corrected chi connectivity index (χ2v) is 16.2. The molecule has 0 amide bonds. The summed E-state index contributed by atoms with van der Waals surface area (Å²) in [5, 5.41) is 0. The summed E-state index contributed by atoms with van der Waals surface area (Å²) in [5.74, 6) is -0.980. The molecule has 9 nitrogen and oxygen atoms in total. The molecule has 286 valence electrons. The van der Waals surface area contributed by atoms with Crippen molar-refractivity contribution in [3.05, 3.63) is 0 Å². The predicted molar refractivity (Wildman–Crippen MR) is 197 cm³/mol. The largest absolute Gasteiger partial charge is 0.472 e. The molecule has 48 heavy (non-hydrogen) atoms. The lowest BCUT2D eigenvalue weighted by Crippen LogP contribution is -2.37. The fraction of sp³-hybridized carbons (Fsp3) is 0.947. The molecule has 0 aromatic carbocycles. The van der Waals surface area contributed by atoms with E-state index in [1.807, 2.05) is 21.1 Å². The van der Waals surface area contributed by atoms with Crippen molar-refractivity contribution < 1.29 is 42.1 Å². The van der Waals surface area contributed by atoms with Crippen LogP contribution in [0.5, 0.6) is 0 Å². The monoisotopic (exact) mass is 707 g/mol. The maximum Gasteiger partial charge on any atom is 0.472 e. The molecule has 0 spiro atoms. The SMILES string of the molecule is CCCCCCCCCCCCCCCCCCCCCCCCCCCC(=O)OC[C@H](COP(=O)(O)OCC[N+](C)(C)C)OC(C)=O. The van der Waals surface area contributed by atoms with Crippen LogP contribution in [-0.2, 0) is 32.7 Å². The van der Waals surface area contributed by atoms with Crippen molar-refractivity contribution in [2.45, 2.75) is 187 Å². The third-order valence-corrected chi connectivity index (χ3v) is 9.67. The molecular formula is C38H77NO8P+. The Morgan fingerprint density at radius 2 is 0.979 bits per heavy atom. The first-order valence-corrected chi connectivity index (χ1v) is 21.2. The highest BCUT2D eigenvalue weighted by atomic mass is 31.2. The quantitative estimate of drug-likeness (QED) is 0.0297. The van der Waals surface area contributed by atoms with Crippen molar-refractivity contribution in [1.82, 2.24) is 0 Å². The van der Waals surface area contributed by atoms with E-state index in [1.165, 1.54) is 148 Å². The van der Waals surface area contributed by atoms with E-state index in [0.717, 1.165) is 19.3 Å². The molecule has 0 fully saturated rings. The van der Waals surface area contributed by atoms with E-state index in [4.69, 9.17) is 18.5 Å². The molecule has 0 aliphatic heterocycles. The van der Waals surface area contributed by atoms with Gasteiger partial charge < -0.3 is 18.9 Å². The first-order chi connectivity index (χ1) is 22.9. The van der Waals surface area contributed by atoms with Crippen LogP contribution in [0.2, 0.25) is 0 Å². The van der Waals surface area contributed by atoms with Crippen molar-refractivity contribution in [1.29, 1.82) is 0 Å². The summed E-state index contributed by atoms with van der Waals surface area (Å²) in [5.41, 5.74) is 0. The van der Waals surface area contributed by atoms with Crippen molar-refractivity contribution >= 4 is 19.8 Å². The molecule has 0 heterocycles. The number of nitrogens with zero attached hydrogens (tertiary/aromatic N) is 1. The van der Waals surface area contributed by atoms with E-state index >= 15 is 0 Å². The highest BCUT2D eigenvalue weighted by Crippen LogP contribution is 2.43. The summed E-state index contributed by atoms with van der Waals surface area (Å²) in [6.07, 6.45) is 32.7. The van der Waals surface area contributed by atoms with Gasteiger partial charge >= 0.3 is 19.8 Å². The van der Waals surface area contributed by atoms with E-state index in [-0.39, 0.29) is 19.2 Å². The minimum Gasteiger partial charge on any atom is -0.462 e. The number of carbonyl (C=O) groups excluding carboxylic acids is 2. The number of quaternary nitrogens is 1. The van der Waals surface area contributed by atoms with E-state index in [0.29, 0.717) is 17.4 Å². The van der Waals surface area contributed by atoms with Crippen LogP contribution >= 0.6 is 7.82 Å². The van der Waals surface area contributed by atoms with Crippen molar-refractivity contribution in [2.24, 2.45) is 0 Å². The fourth-order valence-electron chi connectivity index (χ4n) is 5.66. The molecule has 0 aromatic rings. The lowest BCUT2D eigenvalue weighted by Gasteiger charge is -2.24. The third kappa shape index (κ3) is 36.3. The number of phosphoric ester groups is 1. The first-order valence-electron chi connectivity index (χ1n) is 19.7. The Morgan fingerprint density at radius 1 is 0.604 bits per heavy atom.